The van der Waals surface area contributed by atoms with Crippen LogP contribution in [0, 0.1) is 5.92 Å². The zero-order valence-corrected chi connectivity index (χ0v) is 14.7. The fourth-order valence-corrected chi connectivity index (χ4v) is 3.79. The van der Waals surface area contributed by atoms with Crippen molar-refractivity contribution in [1.82, 2.24) is 4.90 Å². The number of nitrogens with zero attached hydrogens (tertiary/aromatic N) is 1. The number of hydrogen-bond acceptors (Lipinski definition) is 2. The van der Waals surface area contributed by atoms with Crippen LogP contribution in [0.5, 0.6) is 0 Å². The first-order valence-electron chi connectivity index (χ1n) is 8.81. The van der Waals surface area contributed by atoms with Gasteiger partial charge in [-0.3, -0.25) is 4.79 Å². The molecule has 0 saturated carbocycles. The van der Waals surface area contributed by atoms with Gasteiger partial charge in [0.15, 0.2) is 0 Å². The van der Waals surface area contributed by atoms with E-state index in [1.54, 1.807) is 6.92 Å². The molecule has 0 radical (unpaired) electrons. The van der Waals surface area contributed by atoms with Gasteiger partial charge in [0.25, 0.3) is 0 Å². The van der Waals surface area contributed by atoms with Crippen molar-refractivity contribution < 1.29 is 9.90 Å². The molecule has 0 aliphatic carbocycles. The summed E-state index contributed by atoms with van der Waals surface area (Å²) in [6.07, 6.45) is 1.53. The van der Waals surface area contributed by atoms with Gasteiger partial charge in [-0.15, -0.1) is 0 Å². The Kier molecular flexibility index (Phi) is 5.05. The molecule has 130 valence electrons. The zero-order chi connectivity index (χ0) is 17.9. The summed E-state index contributed by atoms with van der Waals surface area (Å²) < 4.78 is 0. The third-order valence-corrected chi connectivity index (χ3v) is 5.17. The molecule has 1 heterocycles. The number of aliphatic hydroxyl groups is 1. The first kappa shape index (κ1) is 17.4. The Labute approximate surface area is 149 Å². The number of carbonyl (C=O) groups excluding carboxylic acids is 1. The van der Waals surface area contributed by atoms with Crippen molar-refractivity contribution in [2.75, 3.05) is 13.1 Å². The van der Waals surface area contributed by atoms with Crippen molar-refractivity contribution in [1.29, 1.82) is 0 Å². The Balaban J connectivity index is 1.90. The highest BCUT2D eigenvalue weighted by molar-refractivity contribution is 5.92. The minimum atomic E-state index is -1.04. The second kappa shape index (κ2) is 7.24. The number of benzene rings is 2. The maximum Gasteiger partial charge on any atom is 0.248 e. The monoisotopic (exact) mass is 335 g/mol. The molecule has 1 N–H and O–H groups in total. The van der Waals surface area contributed by atoms with Gasteiger partial charge in [-0.05, 0) is 36.8 Å². The SMILES string of the molecule is C=C(C)C(=O)N1CCC(C(O)(c2ccccc2)c2ccccc2)CC1. The molecule has 25 heavy (non-hydrogen) atoms. The van der Waals surface area contributed by atoms with Gasteiger partial charge in [-0.1, -0.05) is 67.2 Å². The van der Waals surface area contributed by atoms with Crippen LogP contribution in [0.25, 0.3) is 0 Å². The van der Waals surface area contributed by atoms with Crippen LogP contribution in [0.2, 0.25) is 0 Å². The minimum absolute atomic E-state index is 0.0152. The summed E-state index contributed by atoms with van der Waals surface area (Å²) in [4.78, 5) is 14.0. The molecule has 1 saturated heterocycles. The molecule has 0 atom stereocenters. The van der Waals surface area contributed by atoms with E-state index in [9.17, 15) is 9.90 Å². The van der Waals surface area contributed by atoms with Crippen molar-refractivity contribution in [3.63, 3.8) is 0 Å². The lowest BCUT2D eigenvalue weighted by molar-refractivity contribution is -0.129. The van der Waals surface area contributed by atoms with E-state index < -0.39 is 5.60 Å². The third-order valence-electron chi connectivity index (χ3n) is 5.17. The van der Waals surface area contributed by atoms with E-state index in [0.29, 0.717) is 18.7 Å². The summed E-state index contributed by atoms with van der Waals surface area (Å²) >= 11 is 0. The van der Waals surface area contributed by atoms with Crippen LogP contribution in [0.3, 0.4) is 0 Å². The largest absolute Gasteiger partial charge is 0.380 e. The van der Waals surface area contributed by atoms with Gasteiger partial charge in [0.2, 0.25) is 5.91 Å². The smallest absolute Gasteiger partial charge is 0.248 e. The molecule has 3 nitrogen and oxygen atoms in total. The molecule has 2 aromatic carbocycles. The van der Waals surface area contributed by atoms with Gasteiger partial charge in [-0.2, -0.15) is 0 Å². The normalized spacial score (nSPS) is 15.8. The molecule has 3 rings (SSSR count). The first-order valence-corrected chi connectivity index (χ1v) is 8.81. The van der Waals surface area contributed by atoms with Gasteiger partial charge < -0.3 is 10.0 Å². The maximum absolute atomic E-state index is 12.2. The van der Waals surface area contributed by atoms with E-state index in [1.165, 1.54) is 0 Å². The molecule has 0 bridgehead atoms. The van der Waals surface area contributed by atoms with Crippen molar-refractivity contribution in [3.05, 3.63) is 83.9 Å². The summed E-state index contributed by atoms with van der Waals surface area (Å²) in [7, 11) is 0. The molecule has 0 aromatic heterocycles. The van der Waals surface area contributed by atoms with Gasteiger partial charge in [0, 0.05) is 18.7 Å². The number of amides is 1. The molecular formula is C22H25NO2. The minimum Gasteiger partial charge on any atom is -0.380 e. The predicted octanol–water partition coefficient (Wildman–Crippen LogP) is 3.74. The quantitative estimate of drug-likeness (QED) is 0.865. The Bertz CT molecular complexity index is 692. The van der Waals surface area contributed by atoms with Crippen LogP contribution >= 0.6 is 0 Å². The van der Waals surface area contributed by atoms with Crippen LogP contribution in [-0.2, 0) is 10.4 Å². The molecule has 1 fully saturated rings. The number of rotatable bonds is 4. The average molecular weight is 335 g/mol. The second-order valence-corrected chi connectivity index (χ2v) is 6.85. The molecular weight excluding hydrogens is 310 g/mol. The van der Waals surface area contributed by atoms with Crippen molar-refractivity contribution >= 4 is 5.91 Å². The van der Waals surface area contributed by atoms with Crippen LogP contribution in [0.4, 0.5) is 0 Å². The maximum atomic E-state index is 12.2. The van der Waals surface area contributed by atoms with Crippen LogP contribution in [0.15, 0.2) is 72.8 Å². The van der Waals surface area contributed by atoms with E-state index in [1.807, 2.05) is 65.6 Å². The molecule has 1 aliphatic heterocycles. The van der Waals surface area contributed by atoms with E-state index in [2.05, 4.69) is 6.58 Å². The highest BCUT2D eigenvalue weighted by atomic mass is 16.3. The zero-order valence-electron chi connectivity index (χ0n) is 14.7. The molecule has 0 spiro atoms. The fraction of sp³-hybridized carbons (Fsp3) is 0.318. The molecule has 1 amide bonds. The van der Waals surface area contributed by atoms with Gasteiger partial charge in [0.1, 0.15) is 5.60 Å². The fourth-order valence-electron chi connectivity index (χ4n) is 3.79. The highest BCUT2D eigenvalue weighted by Crippen LogP contribution is 2.41. The average Bonchev–Trinajstić information content (AvgIpc) is 2.68. The Morgan fingerprint density at radius 2 is 1.44 bits per heavy atom. The van der Waals surface area contributed by atoms with E-state index in [0.717, 1.165) is 24.0 Å². The molecule has 0 unspecified atom stereocenters. The predicted molar refractivity (Wildman–Crippen MR) is 100 cm³/mol. The van der Waals surface area contributed by atoms with Crippen molar-refractivity contribution in [2.45, 2.75) is 25.4 Å². The number of hydrogen-bond donors (Lipinski definition) is 1. The van der Waals surface area contributed by atoms with E-state index in [4.69, 9.17) is 0 Å². The summed E-state index contributed by atoms with van der Waals surface area (Å²) in [6.45, 7) is 6.80. The summed E-state index contributed by atoms with van der Waals surface area (Å²) in [5, 5.41) is 11.8. The van der Waals surface area contributed by atoms with Crippen LogP contribution in [0.1, 0.15) is 30.9 Å². The topological polar surface area (TPSA) is 40.5 Å². The molecule has 1 aliphatic rings. The number of carbonyl (C=O) groups is 1. The second-order valence-electron chi connectivity index (χ2n) is 6.85. The Hall–Kier alpha value is -2.39. The summed E-state index contributed by atoms with van der Waals surface area (Å²) in [5.41, 5.74) is 1.34. The van der Waals surface area contributed by atoms with E-state index in [-0.39, 0.29) is 11.8 Å². The summed E-state index contributed by atoms with van der Waals surface area (Å²) in [5.74, 6) is 0.0767. The van der Waals surface area contributed by atoms with E-state index >= 15 is 0 Å². The standard InChI is InChI=1S/C22H25NO2/c1-17(2)21(24)23-15-13-20(14-16-23)22(25,18-9-5-3-6-10-18)19-11-7-4-8-12-19/h3-12,20,25H,1,13-16H2,2H3. The lowest BCUT2D eigenvalue weighted by Gasteiger charge is -2.42. The van der Waals surface area contributed by atoms with Crippen molar-refractivity contribution in [2.24, 2.45) is 5.92 Å². The third kappa shape index (κ3) is 3.38. The lowest BCUT2D eigenvalue weighted by Crippen LogP contribution is -2.46. The number of likely N-dealkylation sites (tertiary alicyclic amines) is 1. The molecule has 3 heteroatoms. The van der Waals surface area contributed by atoms with Crippen LogP contribution < -0.4 is 0 Å². The Morgan fingerprint density at radius 1 is 1.00 bits per heavy atom. The molecule has 2 aromatic rings. The first-order chi connectivity index (χ1) is 12.0. The highest BCUT2D eigenvalue weighted by Gasteiger charge is 2.41. The summed E-state index contributed by atoms with van der Waals surface area (Å²) in [6, 6.07) is 19.7. The van der Waals surface area contributed by atoms with Crippen molar-refractivity contribution in [3.8, 4) is 0 Å². The lowest BCUT2D eigenvalue weighted by atomic mass is 9.72. The van der Waals surface area contributed by atoms with Crippen LogP contribution in [-0.4, -0.2) is 29.0 Å². The van der Waals surface area contributed by atoms with Gasteiger partial charge >= 0.3 is 0 Å². The van der Waals surface area contributed by atoms with Gasteiger partial charge in [0.05, 0.1) is 0 Å². The number of piperidine rings is 1. The van der Waals surface area contributed by atoms with Gasteiger partial charge in [-0.25, -0.2) is 0 Å². The Morgan fingerprint density at radius 3 is 1.84 bits per heavy atom.